The predicted molar refractivity (Wildman–Crippen MR) is 242 cm³/mol. The first kappa shape index (κ1) is 36.1. The number of benzene rings is 6. The van der Waals surface area contributed by atoms with Gasteiger partial charge in [-0.15, -0.1) is 0 Å². The molecule has 6 heteroatoms. The maximum atomic E-state index is 5.08. The number of hydrogen-bond donors (Lipinski definition) is 0. The highest BCUT2D eigenvalue weighted by atomic mass is 14.9. The van der Waals surface area contributed by atoms with E-state index in [1.165, 1.54) is 0 Å². The molecule has 0 saturated heterocycles. The smallest absolute Gasteiger partial charge is 0.160 e. The van der Waals surface area contributed by atoms with E-state index in [0.717, 1.165) is 89.8 Å². The zero-order valence-corrected chi connectivity index (χ0v) is 32.5. The van der Waals surface area contributed by atoms with E-state index in [-0.39, 0.29) is 0 Å². The Hall–Kier alpha value is -8.22. The van der Waals surface area contributed by atoms with Gasteiger partial charge in [-0.25, -0.2) is 19.9 Å². The number of nitrogens with zero attached hydrogens (tertiary/aromatic N) is 6. The van der Waals surface area contributed by atoms with Crippen molar-refractivity contribution in [1.29, 1.82) is 0 Å². The average Bonchev–Trinajstić information content (AvgIpc) is 3.35. The molecule has 6 aromatic carbocycles. The van der Waals surface area contributed by atoms with Gasteiger partial charge in [0.05, 0.1) is 34.2 Å². The Labute approximate surface area is 348 Å². The highest BCUT2D eigenvalue weighted by molar-refractivity contribution is 5.77. The lowest BCUT2D eigenvalue weighted by atomic mass is 9.99. The standard InChI is InChI=1S/C54H36N6/c1-3-11-39(12-4-1)49-35-51(59-53(57-49)45-29-25-41(26-30-45)47-15-7-9-33-55-47)43-21-17-37(18-22-43)38-19-23-44(24-20-38)52-36-50(40-13-5-2-6-14-40)58-54(60-52)46-31-27-42(28-32-46)48-16-8-10-34-56-48/h1-36H. The Kier molecular flexibility index (Phi) is 9.84. The molecule has 6 nitrogen and oxygen atoms in total. The monoisotopic (exact) mass is 768 g/mol. The minimum Gasteiger partial charge on any atom is -0.256 e. The zero-order chi connectivity index (χ0) is 40.1. The molecular weight excluding hydrogens is 733 g/mol. The summed E-state index contributed by atoms with van der Waals surface area (Å²) in [5, 5.41) is 0. The van der Waals surface area contributed by atoms with Crippen molar-refractivity contribution in [3.63, 3.8) is 0 Å². The Morgan fingerprint density at radius 1 is 0.200 bits per heavy atom. The van der Waals surface area contributed by atoms with Crippen LogP contribution in [0.15, 0.2) is 219 Å². The van der Waals surface area contributed by atoms with Gasteiger partial charge in [-0.3, -0.25) is 9.97 Å². The number of pyridine rings is 2. The van der Waals surface area contributed by atoms with Gasteiger partial charge in [-0.2, -0.15) is 0 Å². The minimum absolute atomic E-state index is 0.670. The van der Waals surface area contributed by atoms with Gasteiger partial charge in [0.25, 0.3) is 0 Å². The van der Waals surface area contributed by atoms with Crippen molar-refractivity contribution >= 4 is 0 Å². The molecule has 60 heavy (non-hydrogen) atoms. The fraction of sp³-hybridized carbons (Fsp3) is 0. The summed E-state index contributed by atoms with van der Waals surface area (Å²) in [5.41, 5.74) is 15.6. The third-order valence-corrected chi connectivity index (χ3v) is 10.5. The van der Waals surface area contributed by atoms with E-state index in [1.54, 1.807) is 0 Å². The van der Waals surface area contributed by atoms with Gasteiger partial charge in [-0.05, 0) is 47.5 Å². The molecule has 4 aromatic heterocycles. The highest BCUT2D eigenvalue weighted by Gasteiger charge is 2.14. The van der Waals surface area contributed by atoms with Crippen LogP contribution in [-0.4, -0.2) is 29.9 Å². The molecular formula is C54H36N6. The minimum atomic E-state index is 0.670. The molecule has 0 aliphatic carbocycles. The Morgan fingerprint density at radius 2 is 0.467 bits per heavy atom. The van der Waals surface area contributed by atoms with E-state index in [4.69, 9.17) is 19.9 Å². The van der Waals surface area contributed by atoms with Gasteiger partial charge < -0.3 is 0 Å². The van der Waals surface area contributed by atoms with E-state index in [0.29, 0.717) is 11.6 Å². The van der Waals surface area contributed by atoms with Crippen LogP contribution in [0.3, 0.4) is 0 Å². The van der Waals surface area contributed by atoms with Gasteiger partial charge in [0.15, 0.2) is 11.6 Å². The average molecular weight is 769 g/mol. The van der Waals surface area contributed by atoms with Crippen LogP contribution >= 0.6 is 0 Å². The fourth-order valence-corrected chi connectivity index (χ4v) is 7.28. The van der Waals surface area contributed by atoms with E-state index >= 15 is 0 Å². The second-order valence-corrected chi connectivity index (χ2v) is 14.4. The van der Waals surface area contributed by atoms with Crippen LogP contribution in [-0.2, 0) is 0 Å². The Bertz CT molecular complexity index is 2800. The largest absolute Gasteiger partial charge is 0.256 e. The van der Waals surface area contributed by atoms with Crippen molar-refractivity contribution in [2.24, 2.45) is 0 Å². The second kappa shape index (κ2) is 16.3. The van der Waals surface area contributed by atoms with Gasteiger partial charge >= 0.3 is 0 Å². The molecule has 0 saturated carbocycles. The summed E-state index contributed by atoms with van der Waals surface area (Å²) in [4.78, 5) is 29.2. The Morgan fingerprint density at radius 3 is 0.783 bits per heavy atom. The summed E-state index contributed by atoms with van der Waals surface area (Å²) in [6, 6.07) is 70.2. The quantitative estimate of drug-likeness (QED) is 0.145. The van der Waals surface area contributed by atoms with Crippen LogP contribution in [0, 0.1) is 0 Å². The normalized spacial score (nSPS) is 11.0. The molecule has 0 amide bonds. The third kappa shape index (κ3) is 7.73. The summed E-state index contributed by atoms with van der Waals surface area (Å²) in [7, 11) is 0. The van der Waals surface area contributed by atoms with Gasteiger partial charge in [-0.1, -0.05) is 170 Å². The molecule has 4 heterocycles. The van der Waals surface area contributed by atoms with Crippen molar-refractivity contribution in [1.82, 2.24) is 29.9 Å². The number of rotatable bonds is 9. The van der Waals surface area contributed by atoms with Crippen LogP contribution in [0.25, 0.3) is 101 Å². The van der Waals surface area contributed by atoms with Crippen molar-refractivity contribution < 1.29 is 0 Å². The van der Waals surface area contributed by atoms with E-state index in [9.17, 15) is 0 Å². The van der Waals surface area contributed by atoms with Crippen LogP contribution in [0.2, 0.25) is 0 Å². The molecule has 282 valence electrons. The predicted octanol–water partition coefficient (Wildman–Crippen LogP) is 13.1. The van der Waals surface area contributed by atoms with Crippen molar-refractivity contribution in [2.45, 2.75) is 0 Å². The third-order valence-electron chi connectivity index (χ3n) is 10.5. The summed E-state index contributed by atoms with van der Waals surface area (Å²) in [6.45, 7) is 0. The zero-order valence-electron chi connectivity index (χ0n) is 32.5. The maximum absolute atomic E-state index is 5.08. The van der Waals surface area contributed by atoms with Crippen LogP contribution in [0.4, 0.5) is 0 Å². The first-order valence-electron chi connectivity index (χ1n) is 19.8. The number of hydrogen-bond acceptors (Lipinski definition) is 6. The van der Waals surface area contributed by atoms with Crippen molar-refractivity contribution in [2.75, 3.05) is 0 Å². The molecule has 0 spiro atoms. The molecule has 0 unspecified atom stereocenters. The second-order valence-electron chi connectivity index (χ2n) is 14.4. The molecule has 10 aromatic rings. The number of aromatic nitrogens is 6. The van der Waals surface area contributed by atoms with Crippen LogP contribution in [0.5, 0.6) is 0 Å². The van der Waals surface area contributed by atoms with E-state index < -0.39 is 0 Å². The Balaban J connectivity index is 0.945. The van der Waals surface area contributed by atoms with Crippen LogP contribution < -0.4 is 0 Å². The summed E-state index contributed by atoms with van der Waals surface area (Å²) < 4.78 is 0. The summed E-state index contributed by atoms with van der Waals surface area (Å²) in [5.74, 6) is 1.34. The summed E-state index contributed by atoms with van der Waals surface area (Å²) in [6.07, 6.45) is 3.62. The van der Waals surface area contributed by atoms with Crippen molar-refractivity contribution in [3.05, 3.63) is 219 Å². The van der Waals surface area contributed by atoms with E-state index in [2.05, 4.69) is 143 Å². The molecule has 0 atom stereocenters. The molecule has 0 fully saturated rings. The topological polar surface area (TPSA) is 77.3 Å². The van der Waals surface area contributed by atoms with E-state index in [1.807, 2.05) is 85.2 Å². The molecule has 0 aliphatic rings. The maximum Gasteiger partial charge on any atom is 0.160 e. The molecule has 0 aliphatic heterocycles. The van der Waals surface area contributed by atoms with Gasteiger partial charge in [0.2, 0.25) is 0 Å². The first-order valence-corrected chi connectivity index (χ1v) is 19.8. The fourth-order valence-electron chi connectivity index (χ4n) is 7.28. The molecule has 0 N–H and O–H groups in total. The molecule has 0 radical (unpaired) electrons. The molecule has 10 rings (SSSR count). The van der Waals surface area contributed by atoms with Crippen molar-refractivity contribution in [3.8, 4) is 101 Å². The van der Waals surface area contributed by atoms with Gasteiger partial charge in [0, 0.05) is 56.9 Å². The SMILES string of the molecule is c1ccc(-c2cc(-c3ccc(-c4ccc(-c5cc(-c6ccccc6)nc(-c6ccc(-c7ccccn7)cc6)n5)cc4)cc3)nc(-c3ccc(-c4ccccn4)cc3)n2)cc1. The molecule has 0 bridgehead atoms. The highest BCUT2D eigenvalue weighted by Crippen LogP contribution is 2.33. The van der Waals surface area contributed by atoms with Gasteiger partial charge in [0.1, 0.15) is 0 Å². The lowest BCUT2D eigenvalue weighted by Crippen LogP contribution is -1.96. The lowest BCUT2D eigenvalue weighted by Gasteiger charge is -2.11. The van der Waals surface area contributed by atoms with Crippen LogP contribution in [0.1, 0.15) is 0 Å². The lowest BCUT2D eigenvalue weighted by molar-refractivity contribution is 1.18. The first-order chi connectivity index (χ1) is 29.7. The summed E-state index contributed by atoms with van der Waals surface area (Å²) >= 11 is 0.